The Balaban J connectivity index is 1.47. The van der Waals surface area contributed by atoms with Gasteiger partial charge in [-0.3, -0.25) is 4.79 Å². The zero-order valence-corrected chi connectivity index (χ0v) is 56.6. The summed E-state index contributed by atoms with van der Waals surface area (Å²) in [6.45, 7) is 1.54. The van der Waals surface area contributed by atoms with Crippen molar-refractivity contribution in [2.75, 3.05) is 26.4 Å². The first-order valence-electron chi connectivity index (χ1n) is 35.4. The molecule has 12 N–H and O–H groups in total. The van der Waals surface area contributed by atoms with Crippen molar-refractivity contribution in [3.8, 4) is 0 Å². The van der Waals surface area contributed by atoms with Gasteiger partial charge < -0.3 is 89.9 Å². The first-order chi connectivity index (χ1) is 45.8. The fourth-order valence-corrected chi connectivity index (χ4v) is 11.0. The third-order valence-corrected chi connectivity index (χ3v) is 16.7. The lowest BCUT2D eigenvalue weighted by atomic mass is 9.96. The Morgan fingerprint density at radius 2 is 0.745 bits per heavy atom. The van der Waals surface area contributed by atoms with Crippen LogP contribution in [-0.4, -0.2) is 193 Å². The van der Waals surface area contributed by atoms with Crippen molar-refractivity contribution in [3.05, 3.63) is 134 Å². The molecule has 17 unspecified atom stereocenters. The van der Waals surface area contributed by atoms with Gasteiger partial charge in [-0.1, -0.05) is 231 Å². The summed E-state index contributed by atoms with van der Waals surface area (Å²) in [5.74, 6) is -0.348. The summed E-state index contributed by atoms with van der Waals surface area (Å²) in [6.07, 6.45) is 50.0. The van der Waals surface area contributed by atoms with Crippen LogP contribution in [0.2, 0.25) is 0 Å². The topological polar surface area (TPSA) is 307 Å². The largest absolute Gasteiger partial charge is 0.394 e. The summed E-state index contributed by atoms with van der Waals surface area (Å²) in [5.41, 5.74) is 0. The predicted molar refractivity (Wildman–Crippen MR) is 369 cm³/mol. The molecule has 0 aliphatic carbocycles. The van der Waals surface area contributed by atoms with Gasteiger partial charge in [-0.25, -0.2) is 0 Å². The van der Waals surface area contributed by atoms with E-state index in [0.717, 1.165) is 77.0 Å². The molecule has 0 aromatic carbocycles. The van der Waals surface area contributed by atoms with Crippen molar-refractivity contribution >= 4 is 5.91 Å². The fourth-order valence-electron chi connectivity index (χ4n) is 11.0. The number of allylic oxidation sites excluding steroid dienone is 21. The van der Waals surface area contributed by atoms with E-state index < -0.39 is 131 Å². The van der Waals surface area contributed by atoms with Gasteiger partial charge in [0, 0.05) is 6.42 Å². The fraction of sp³-hybridized carbons (Fsp3) is 0.693. The molecule has 19 nitrogen and oxygen atoms in total. The third kappa shape index (κ3) is 36.0. The Morgan fingerprint density at radius 3 is 1.19 bits per heavy atom. The van der Waals surface area contributed by atoms with Gasteiger partial charge in [0.1, 0.15) is 73.2 Å². The molecular weight excluding hydrogens is 1200 g/mol. The van der Waals surface area contributed by atoms with Crippen LogP contribution in [0.25, 0.3) is 0 Å². The van der Waals surface area contributed by atoms with Crippen LogP contribution >= 0.6 is 0 Å². The van der Waals surface area contributed by atoms with E-state index in [1.807, 2.05) is 12.2 Å². The van der Waals surface area contributed by atoms with Crippen LogP contribution in [-0.2, 0) is 33.2 Å². The van der Waals surface area contributed by atoms with Crippen LogP contribution in [0.15, 0.2) is 134 Å². The van der Waals surface area contributed by atoms with Crippen LogP contribution in [0.3, 0.4) is 0 Å². The average molecular weight is 1330 g/mol. The van der Waals surface area contributed by atoms with E-state index in [-0.39, 0.29) is 12.3 Å². The van der Waals surface area contributed by atoms with Gasteiger partial charge in [-0.2, -0.15) is 0 Å². The molecule has 0 aromatic rings. The van der Waals surface area contributed by atoms with Crippen molar-refractivity contribution in [2.45, 2.75) is 304 Å². The molecule has 536 valence electrons. The number of hydrogen-bond acceptors (Lipinski definition) is 18. The van der Waals surface area contributed by atoms with E-state index in [2.05, 4.69) is 135 Å². The van der Waals surface area contributed by atoms with Crippen LogP contribution in [0.4, 0.5) is 0 Å². The summed E-state index contributed by atoms with van der Waals surface area (Å²) in [4.78, 5) is 13.4. The van der Waals surface area contributed by atoms with Crippen molar-refractivity contribution < 1.29 is 89.4 Å². The van der Waals surface area contributed by atoms with Crippen LogP contribution in [0, 0.1) is 0 Å². The highest BCUT2D eigenvalue weighted by atomic mass is 16.8. The zero-order chi connectivity index (χ0) is 68.2. The van der Waals surface area contributed by atoms with Crippen LogP contribution in [0.5, 0.6) is 0 Å². The van der Waals surface area contributed by atoms with E-state index >= 15 is 0 Å². The van der Waals surface area contributed by atoms with Gasteiger partial charge in [0.05, 0.1) is 38.6 Å². The summed E-state index contributed by atoms with van der Waals surface area (Å²) in [5, 5.41) is 120. The maximum Gasteiger partial charge on any atom is 0.220 e. The van der Waals surface area contributed by atoms with Gasteiger partial charge in [0.15, 0.2) is 18.9 Å². The number of unbranched alkanes of at least 4 members (excludes halogenated alkanes) is 16. The average Bonchev–Trinajstić information content (AvgIpc) is 0.787. The highest BCUT2D eigenvalue weighted by Gasteiger charge is 2.53. The standard InChI is InChI=1S/C75H123NO18/c1-3-5-7-9-11-13-15-17-19-21-23-25-26-27-28-29-30-31-32-33-35-37-39-41-43-45-47-49-51-53-63(81)76-58(59(80)52-50-48-46-44-42-40-38-36-34-24-22-20-18-16-14-12-10-8-6-4-2)57-89-73-69(87)66(84)71(61(55-78)91-73)94-75-70(88)67(85)72(62(56-79)92-75)93-74-68(86)65(83)64(82)60(54-77)90-74/h5,7,11,13,17,19,23,25,27-28,30-31,33,35,39,41-42,44-45,47,50,52,58-62,64-75,77-80,82-88H,3-4,6,8-10,12,14-16,18,20-22,24,26,29,32,34,36-38,40,43,46,48-49,51,53-57H2,1-2H3,(H,76,81)/b7-5-,13-11-,19-17-,25-23-,28-27-,31-30-,35-33-,41-39-,44-42+,47-45-,52-50+. The van der Waals surface area contributed by atoms with E-state index in [1.54, 1.807) is 6.08 Å². The molecule has 3 aliphatic heterocycles. The Hall–Kier alpha value is -4.07. The van der Waals surface area contributed by atoms with Crippen LogP contribution < -0.4 is 5.32 Å². The molecule has 0 spiro atoms. The van der Waals surface area contributed by atoms with E-state index in [9.17, 15) is 61.0 Å². The summed E-state index contributed by atoms with van der Waals surface area (Å²) in [6, 6.07) is -1.03. The highest BCUT2D eigenvalue weighted by molar-refractivity contribution is 5.76. The number of carbonyl (C=O) groups excluding carboxylic acids is 1. The van der Waals surface area contributed by atoms with Gasteiger partial charge in [-0.05, 0) is 96.3 Å². The first-order valence-corrected chi connectivity index (χ1v) is 35.4. The number of amides is 1. The molecule has 3 aliphatic rings. The van der Waals surface area contributed by atoms with Gasteiger partial charge in [0.25, 0.3) is 0 Å². The van der Waals surface area contributed by atoms with E-state index in [0.29, 0.717) is 19.3 Å². The summed E-state index contributed by atoms with van der Waals surface area (Å²) < 4.78 is 34.3. The van der Waals surface area contributed by atoms with Gasteiger partial charge in [0.2, 0.25) is 5.91 Å². The van der Waals surface area contributed by atoms with E-state index in [4.69, 9.17) is 28.4 Å². The van der Waals surface area contributed by atoms with Crippen molar-refractivity contribution in [3.63, 3.8) is 0 Å². The molecular formula is C75H123NO18. The molecule has 19 heteroatoms. The predicted octanol–water partition coefficient (Wildman–Crippen LogP) is 9.77. The second-order valence-electron chi connectivity index (χ2n) is 24.6. The lowest BCUT2D eigenvalue weighted by Crippen LogP contribution is -2.66. The second-order valence-corrected chi connectivity index (χ2v) is 24.6. The molecule has 17 atom stereocenters. The summed E-state index contributed by atoms with van der Waals surface area (Å²) >= 11 is 0. The molecule has 0 saturated carbocycles. The lowest BCUT2D eigenvalue weighted by molar-refractivity contribution is -0.379. The number of ether oxygens (including phenoxy) is 6. The molecule has 0 bridgehead atoms. The Labute approximate surface area is 562 Å². The van der Waals surface area contributed by atoms with Crippen molar-refractivity contribution in [1.82, 2.24) is 5.32 Å². The SMILES string of the molecule is CC/C=C\C/C=C\C/C=C\C/C=C\C/C=C\C/C=C\C/C=C\C/C=C\C/C=C\CCCC(=O)NC(COC1OC(CO)C(OC2OC(CO)C(OC3OC(CO)C(O)C(O)C3O)C(O)C2O)C(O)C1O)C(O)/C=C/CC/C=C/CCCCCCCCCCCCCCCC. The van der Waals surface area contributed by atoms with Crippen molar-refractivity contribution in [2.24, 2.45) is 0 Å². The second kappa shape index (κ2) is 54.9. The smallest absolute Gasteiger partial charge is 0.220 e. The number of aliphatic hydroxyl groups is 11. The van der Waals surface area contributed by atoms with E-state index in [1.165, 1.54) is 83.5 Å². The number of aliphatic hydroxyl groups excluding tert-OH is 11. The minimum atomic E-state index is -1.99. The van der Waals surface area contributed by atoms with Crippen molar-refractivity contribution in [1.29, 1.82) is 0 Å². The molecule has 3 fully saturated rings. The summed E-state index contributed by atoms with van der Waals surface area (Å²) in [7, 11) is 0. The number of hydrogen-bond donors (Lipinski definition) is 12. The third-order valence-electron chi connectivity index (χ3n) is 16.7. The van der Waals surface area contributed by atoms with Crippen LogP contribution in [0.1, 0.15) is 200 Å². The molecule has 94 heavy (non-hydrogen) atoms. The quantitative estimate of drug-likeness (QED) is 0.0199. The number of carbonyl (C=O) groups is 1. The lowest BCUT2D eigenvalue weighted by Gasteiger charge is -2.48. The minimum absolute atomic E-state index is 0.146. The maximum absolute atomic E-state index is 13.4. The molecule has 3 saturated heterocycles. The highest BCUT2D eigenvalue weighted by Crippen LogP contribution is 2.33. The first kappa shape index (κ1) is 84.2. The molecule has 3 rings (SSSR count). The molecule has 3 heterocycles. The monoisotopic (exact) mass is 1330 g/mol. The zero-order valence-electron chi connectivity index (χ0n) is 56.6. The van der Waals surface area contributed by atoms with Gasteiger partial charge >= 0.3 is 0 Å². The Morgan fingerprint density at radius 1 is 0.394 bits per heavy atom. The number of rotatable bonds is 52. The molecule has 1 amide bonds. The minimum Gasteiger partial charge on any atom is -0.394 e. The van der Waals surface area contributed by atoms with Gasteiger partial charge in [-0.15, -0.1) is 0 Å². The molecule has 0 radical (unpaired) electrons. The normalized spacial score (nSPS) is 28.2. The Kier molecular flexibility index (Phi) is 49.1. The maximum atomic E-state index is 13.4. The molecule has 0 aromatic heterocycles. The Bertz CT molecular complexity index is 2220. The number of nitrogens with one attached hydrogen (secondary N) is 1.